The fourth-order valence-corrected chi connectivity index (χ4v) is 1.13. The van der Waals surface area contributed by atoms with Gasteiger partial charge >= 0.3 is 0 Å². The Labute approximate surface area is 75.9 Å². The molecule has 0 aromatic carbocycles. The predicted octanol–water partition coefficient (Wildman–Crippen LogP) is 1.18. The molecule has 1 heterocycles. The molecule has 4 nitrogen and oxygen atoms in total. The molecule has 1 aromatic rings. The smallest absolute Gasteiger partial charge is 0.157 e. The van der Waals surface area contributed by atoms with Gasteiger partial charge in [0.25, 0.3) is 0 Å². The van der Waals surface area contributed by atoms with E-state index in [0.29, 0.717) is 24.1 Å². The zero-order valence-electron chi connectivity index (χ0n) is 7.53. The van der Waals surface area contributed by atoms with Crippen LogP contribution in [0.5, 0.6) is 11.5 Å². The van der Waals surface area contributed by atoms with Gasteiger partial charge in [0.1, 0.15) is 5.56 Å². The first-order valence-corrected chi connectivity index (χ1v) is 3.98. The van der Waals surface area contributed by atoms with Crippen molar-refractivity contribution in [1.82, 2.24) is 4.98 Å². The first-order valence-electron chi connectivity index (χ1n) is 3.98. The number of aromatic nitrogens is 1. The number of aryl methyl sites for hydroxylation is 2. The number of pyridine rings is 1. The molecular weight excluding hydrogens is 170 g/mol. The number of carbonyl (C=O) groups is 1. The van der Waals surface area contributed by atoms with Crippen molar-refractivity contribution < 1.29 is 15.0 Å². The average molecular weight is 181 g/mol. The van der Waals surface area contributed by atoms with Gasteiger partial charge in [-0.3, -0.25) is 9.78 Å². The molecule has 0 radical (unpaired) electrons. The van der Waals surface area contributed by atoms with E-state index in [0.717, 1.165) is 0 Å². The van der Waals surface area contributed by atoms with E-state index >= 15 is 0 Å². The third kappa shape index (κ3) is 1.47. The number of carbonyl (C=O) groups excluding carboxylic acids is 1. The predicted molar refractivity (Wildman–Crippen MR) is 47.1 cm³/mol. The quantitative estimate of drug-likeness (QED) is 0.672. The van der Waals surface area contributed by atoms with Crippen molar-refractivity contribution in [3.63, 3.8) is 0 Å². The highest BCUT2D eigenvalue weighted by Gasteiger charge is 2.14. The molecule has 1 rings (SSSR count). The summed E-state index contributed by atoms with van der Waals surface area (Å²) >= 11 is 0. The monoisotopic (exact) mass is 181 g/mol. The molecule has 4 heteroatoms. The summed E-state index contributed by atoms with van der Waals surface area (Å²) in [6, 6.07) is 0. The third-order valence-corrected chi connectivity index (χ3v) is 1.88. The van der Waals surface area contributed by atoms with Crippen molar-refractivity contribution in [2.45, 2.75) is 20.3 Å². The molecule has 70 valence electrons. The maximum atomic E-state index is 10.5. The number of hydrogen-bond donors (Lipinski definition) is 2. The second-order valence-corrected chi connectivity index (χ2v) is 2.73. The summed E-state index contributed by atoms with van der Waals surface area (Å²) in [4.78, 5) is 14.5. The van der Waals surface area contributed by atoms with Crippen LogP contribution in [0.15, 0.2) is 0 Å². The number of aromatic hydroxyl groups is 2. The Morgan fingerprint density at radius 1 is 1.38 bits per heavy atom. The zero-order valence-corrected chi connectivity index (χ0v) is 7.53. The van der Waals surface area contributed by atoms with E-state index in [1.165, 1.54) is 0 Å². The molecule has 0 saturated carbocycles. The summed E-state index contributed by atoms with van der Waals surface area (Å²) in [7, 11) is 0. The van der Waals surface area contributed by atoms with Crippen molar-refractivity contribution in [3.05, 3.63) is 17.0 Å². The van der Waals surface area contributed by atoms with E-state index in [4.69, 9.17) is 0 Å². The van der Waals surface area contributed by atoms with Crippen molar-refractivity contribution in [3.8, 4) is 11.5 Å². The lowest BCUT2D eigenvalue weighted by molar-refractivity contribution is 0.111. The Balaban J connectivity index is 3.47. The number of hydrogen-bond acceptors (Lipinski definition) is 4. The van der Waals surface area contributed by atoms with Crippen LogP contribution in [0.2, 0.25) is 0 Å². The Hall–Kier alpha value is -1.58. The standard InChI is InChI=1S/C9H11NO3/c1-3-7-9(13)6(4-11)8(12)5(2)10-7/h4,12-13H,3H2,1-2H3. The van der Waals surface area contributed by atoms with Crippen molar-refractivity contribution in [2.75, 3.05) is 0 Å². The molecule has 0 aliphatic heterocycles. The van der Waals surface area contributed by atoms with Gasteiger partial charge in [0.15, 0.2) is 17.8 Å². The highest BCUT2D eigenvalue weighted by molar-refractivity contribution is 5.84. The second kappa shape index (κ2) is 3.43. The third-order valence-electron chi connectivity index (χ3n) is 1.88. The van der Waals surface area contributed by atoms with Gasteiger partial charge in [-0.2, -0.15) is 0 Å². The molecule has 2 N–H and O–H groups in total. The molecule has 0 saturated heterocycles. The van der Waals surface area contributed by atoms with Crippen LogP contribution >= 0.6 is 0 Å². The molecule has 0 unspecified atom stereocenters. The van der Waals surface area contributed by atoms with E-state index in [9.17, 15) is 15.0 Å². The van der Waals surface area contributed by atoms with Crippen LogP contribution < -0.4 is 0 Å². The van der Waals surface area contributed by atoms with Gasteiger partial charge in [0.05, 0.1) is 11.4 Å². The maximum absolute atomic E-state index is 10.5. The fraction of sp³-hybridized carbons (Fsp3) is 0.333. The molecule has 0 spiro atoms. The summed E-state index contributed by atoms with van der Waals surface area (Å²) in [5.41, 5.74) is 0.707. The number of rotatable bonds is 2. The summed E-state index contributed by atoms with van der Waals surface area (Å²) < 4.78 is 0. The SMILES string of the molecule is CCc1nc(C)c(O)c(C=O)c1O. The van der Waals surface area contributed by atoms with Crippen molar-refractivity contribution >= 4 is 6.29 Å². The van der Waals surface area contributed by atoms with Crippen LogP contribution in [-0.2, 0) is 6.42 Å². The number of aldehydes is 1. The maximum Gasteiger partial charge on any atom is 0.157 e. The summed E-state index contributed by atoms with van der Waals surface area (Å²) in [5.74, 6) is -0.467. The molecule has 0 atom stereocenters. The van der Waals surface area contributed by atoms with Gasteiger partial charge < -0.3 is 10.2 Å². The van der Waals surface area contributed by atoms with Crippen LogP contribution in [0.25, 0.3) is 0 Å². The first kappa shape index (κ1) is 9.51. The first-order chi connectivity index (χ1) is 6.11. The lowest BCUT2D eigenvalue weighted by Crippen LogP contribution is -1.96. The molecule has 1 aromatic heterocycles. The van der Waals surface area contributed by atoms with Gasteiger partial charge in [0.2, 0.25) is 0 Å². The highest BCUT2D eigenvalue weighted by atomic mass is 16.3. The molecule has 0 fully saturated rings. The van der Waals surface area contributed by atoms with Crippen LogP contribution in [-0.4, -0.2) is 21.5 Å². The minimum absolute atomic E-state index is 0.0793. The van der Waals surface area contributed by atoms with E-state index < -0.39 is 0 Å². The lowest BCUT2D eigenvalue weighted by atomic mass is 10.1. The average Bonchev–Trinajstić information content (AvgIpc) is 2.12. The van der Waals surface area contributed by atoms with Gasteiger partial charge in [-0.15, -0.1) is 0 Å². The van der Waals surface area contributed by atoms with E-state index in [1.54, 1.807) is 6.92 Å². The van der Waals surface area contributed by atoms with Crippen LogP contribution in [0.3, 0.4) is 0 Å². The van der Waals surface area contributed by atoms with Gasteiger partial charge in [-0.05, 0) is 13.3 Å². The van der Waals surface area contributed by atoms with Gasteiger partial charge in [-0.1, -0.05) is 6.92 Å². The zero-order chi connectivity index (χ0) is 10.0. The summed E-state index contributed by atoms with van der Waals surface area (Å²) in [6.07, 6.45) is 0.951. The molecule has 13 heavy (non-hydrogen) atoms. The minimum atomic E-state index is -0.246. The Morgan fingerprint density at radius 2 is 2.00 bits per heavy atom. The fourth-order valence-electron chi connectivity index (χ4n) is 1.13. The lowest BCUT2D eigenvalue weighted by Gasteiger charge is -2.07. The van der Waals surface area contributed by atoms with E-state index in [-0.39, 0.29) is 17.1 Å². The Morgan fingerprint density at radius 3 is 2.46 bits per heavy atom. The van der Waals surface area contributed by atoms with Gasteiger partial charge in [0, 0.05) is 0 Å². The molecule has 0 amide bonds. The van der Waals surface area contributed by atoms with E-state index in [2.05, 4.69) is 4.98 Å². The molecular formula is C9H11NO3. The second-order valence-electron chi connectivity index (χ2n) is 2.73. The molecule has 0 aliphatic rings. The van der Waals surface area contributed by atoms with Crippen LogP contribution in [0.4, 0.5) is 0 Å². The topological polar surface area (TPSA) is 70.4 Å². The van der Waals surface area contributed by atoms with Crippen LogP contribution in [0, 0.1) is 6.92 Å². The van der Waals surface area contributed by atoms with E-state index in [1.807, 2.05) is 6.92 Å². The summed E-state index contributed by atoms with van der Waals surface area (Å²) in [6.45, 7) is 3.40. The summed E-state index contributed by atoms with van der Waals surface area (Å²) in [5, 5.41) is 18.8. The molecule has 0 aliphatic carbocycles. The largest absolute Gasteiger partial charge is 0.505 e. The Kier molecular flexibility index (Phi) is 2.51. The number of nitrogens with zero attached hydrogens (tertiary/aromatic N) is 1. The van der Waals surface area contributed by atoms with Crippen molar-refractivity contribution in [2.24, 2.45) is 0 Å². The minimum Gasteiger partial charge on any atom is -0.505 e. The van der Waals surface area contributed by atoms with Crippen molar-refractivity contribution in [1.29, 1.82) is 0 Å². The van der Waals surface area contributed by atoms with Gasteiger partial charge in [-0.25, -0.2) is 0 Å². The van der Waals surface area contributed by atoms with Crippen LogP contribution in [0.1, 0.15) is 28.7 Å². The molecule has 0 bridgehead atoms. The normalized spacial score (nSPS) is 10.0. The highest BCUT2D eigenvalue weighted by Crippen LogP contribution is 2.29. The Bertz CT molecular complexity index is 347.